The van der Waals surface area contributed by atoms with E-state index in [9.17, 15) is 9.59 Å². The lowest BCUT2D eigenvalue weighted by molar-refractivity contribution is -0.127. The lowest BCUT2D eigenvalue weighted by Crippen LogP contribution is -2.36. The molecule has 0 aromatic carbocycles. The maximum Gasteiger partial charge on any atom is 0.262 e. The summed E-state index contributed by atoms with van der Waals surface area (Å²) in [5, 5.41) is 18.2. The van der Waals surface area contributed by atoms with Crippen LogP contribution in [0.15, 0.2) is 30.1 Å². The number of rotatable bonds is 8. The summed E-state index contributed by atoms with van der Waals surface area (Å²) >= 11 is 0. The average molecular weight is 425 g/mol. The van der Waals surface area contributed by atoms with Gasteiger partial charge >= 0.3 is 0 Å². The summed E-state index contributed by atoms with van der Waals surface area (Å²) in [6.45, 7) is 7.00. The SMILES string of the molecule is C#C/C(=C\C=C(/C)c1cnc2[nH]cc(C(=O)C(C)(C)C)c2n1)C(=O)N(CCO)CCO. The first kappa shape index (κ1) is 24.0. The number of H-pyrrole nitrogens is 1. The van der Waals surface area contributed by atoms with Gasteiger partial charge in [-0.3, -0.25) is 9.59 Å². The molecular formula is C23H28N4O4. The maximum atomic E-state index is 12.7. The van der Waals surface area contributed by atoms with Crippen LogP contribution in [0.3, 0.4) is 0 Å². The summed E-state index contributed by atoms with van der Waals surface area (Å²) in [5.74, 6) is 1.85. The van der Waals surface area contributed by atoms with Gasteiger partial charge in [-0.05, 0) is 18.6 Å². The quantitative estimate of drug-likeness (QED) is 0.258. The number of aromatic nitrogens is 3. The fourth-order valence-electron chi connectivity index (χ4n) is 2.86. The molecule has 0 aliphatic heterocycles. The number of carbonyl (C=O) groups excluding carboxylic acids is 2. The number of terminal acetylenes is 1. The van der Waals surface area contributed by atoms with Gasteiger partial charge in [-0.2, -0.15) is 0 Å². The first-order valence-electron chi connectivity index (χ1n) is 9.89. The second-order valence-electron chi connectivity index (χ2n) is 8.05. The van der Waals surface area contributed by atoms with Crippen LogP contribution >= 0.6 is 0 Å². The molecular weight excluding hydrogens is 396 g/mol. The highest BCUT2D eigenvalue weighted by molar-refractivity contribution is 6.08. The number of aliphatic hydroxyl groups is 2. The van der Waals surface area contributed by atoms with Crippen LogP contribution in [0, 0.1) is 17.8 Å². The number of nitrogens with one attached hydrogen (secondary N) is 1. The van der Waals surface area contributed by atoms with E-state index in [2.05, 4.69) is 20.9 Å². The van der Waals surface area contributed by atoms with Gasteiger partial charge in [0.15, 0.2) is 11.4 Å². The number of Topliss-reactive ketones (excluding diaryl/α,β-unsaturated/α-hetero) is 1. The van der Waals surface area contributed by atoms with Crippen LogP contribution in [-0.2, 0) is 4.79 Å². The first-order chi connectivity index (χ1) is 14.6. The van der Waals surface area contributed by atoms with Gasteiger partial charge in [0.2, 0.25) is 0 Å². The van der Waals surface area contributed by atoms with Crippen molar-refractivity contribution in [1.29, 1.82) is 0 Å². The van der Waals surface area contributed by atoms with Crippen LogP contribution in [0.4, 0.5) is 0 Å². The fraction of sp³-hybridized carbons (Fsp3) is 0.391. The molecule has 2 aromatic rings. The zero-order valence-electron chi connectivity index (χ0n) is 18.3. The summed E-state index contributed by atoms with van der Waals surface area (Å²) < 4.78 is 0. The monoisotopic (exact) mass is 424 g/mol. The lowest BCUT2D eigenvalue weighted by Gasteiger charge is -2.20. The van der Waals surface area contributed by atoms with Crippen LogP contribution in [0.1, 0.15) is 43.7 Å². The summed E-state index contributed by atoms with van der Waals surface area (Å²) in [6, 6.07) is 0. The molecule has 3 N–H and O–H groups in total. The van der Waals surface area contributed by atoms with Gasteiger partial charge in [0.1, 0.15) is 5.52 Å². The van der Waals surface area contributed by atoms with E-state index in [4.69, 9.17) is 16.6 Å². The van der Waals surface area contributed by atoms with Crippen LogP contribution in [0.25, 0.3) is 16.7 Å². The van der Waals surface area contributed by atoms with Crippen molar-refractivity contribution in [3.05, 3.63) is 41.4 Å². The molecule has 164 valence electrons. The minimum atomic E-state index is -0.558. The van der Waals surface area contributed by atoms with Crippen LogP contribution in [0.2, 0.25) is 0 Å². The van der Waals surface area contributed by atoms with E-state index in [1.165, 1.54) is 11.0 Å². The number of amides is 1. The number of aliphatic hydroxyl groups excluding tert-OH is 2. The molecule has 2 rings (SSSR count). The van der Waals surface area contributed by atoms with E-state index >= 15 is 0 Å². The molecule has 2 aromatic heterocycles. The highest BCUT2D eigenvalue weighted by Gasteiger charge is 2.26. The maximum absolute atomic E-state index is 12.7. The number of allylic oxidation sites excluding steroid dienone is 3. The van der Waals surface area contributed by atoms with E-state index in [0.29, 0.717) is 28.0 Å². The molecule has 0 radical (unpaired) electrons. The Hall–Kier alpha value is -3.28. The van der Waals surface area contributed by atoms with Gasteiger partial charge < -0.3 is 20.1 Å². The Bertz CT molecular complexity index is 1060. The van der Waals surface area contributed by atoms with Crippen molar-refractivity contribution < 1.29 is 19.8 Å². The third-order valence-electron chi connectivity index (χ3n) is 4.62. The predicted octanol–water partition coefficient (Wildman–Crippen LogP) is 1.96. The van der Waals surface area contributed by atoms with Crippen molar-refractivity contribution in [3.8, 4) is 12.3 Å². The normalized spacial score (nSPS) is 12.7. The van der Waals surface area contributed by atoms with Gasteiger partial charge in [0, 0.05) is 24.7 Å². The largest absolute Gasteiger partial charge is 0.395 e. The van der Waals surface area contributed by atoms with E-state index in [1.807, 2.05) is 20.8 Å². The van der Waals surface area contributed by atoms with E-state index in [0.717, 1.165) is 0 Å². The van der Waals surface area contributed by atoms with Crippen molar-refractivity contribution in [2.45, 2.75) is 27.7 Å². The van der Waals surface area contributed by atoms with Gasteiger partial charge in [-0.25, -0.2) is 9.97 Å². The number of nitrogens with zero attached hydrogens (tertiary/aromatic N) is 3. The molecule has 0 atom stereocenters. The Morgan fingerprint density at radius 1 is 1.23 bits per heavy atom. The van der Waals surface area contributed by atoms with Gasteiger partial charge in [0.05, 0.1) is 36.2 Å². The topological polar surface area (TPSA) is 119 Å². The third-order valence-corrected chi connectivity index (χ3v) is 4.62. The zero-order chi connectivity index (χ0) is 23.2. The molecule has 8 nitrogen and oxygen atoms in total. The Morgan fingerprint density at radius 2 is 1.87 bits per heavy atom. The molecule has 0 bridgehead atoms. The zero-order valence-corrected chi connectivity index (χ0v) is 18.3. The number of fused-ring (bicyclic) bond motifs is 1. The number of aromatic amines is 1. The molecule has 0 aliphatic rings. The van der Waals surface area contributed by atoms with Crippen LogP contribution in [-0.4, -0.2) is 68.1 Å². The summed E-state index contributed by atoms with van der Waals surface area (Å²) in [5.41, 5.74) is 2.24. The highest BCUT2D eigenvalue weighted by Crippen LogP contribution is 2.26. The number of hydrogen-bond donors (Lipinski definition) is 3. The van der Waals surface area contributed by atoms with Crippen LogP contribution in [0.5, 0.6) is 0 Å². The molecule has 2 heterocycles. The van der Waals surface area contributed by atoms with Crippen molar-refractivity contribution in [3.63, 3.8) is 0 Å². The molecule has 1 amide bonds. The number of hydrogen-bond acceptors (Lipinski definition) is 6. The van der Waals surface area contributed by atoms with Crippen molar-refractivity contribution >= 4 is 28.4 Å². The fourth-order valence-corrected chi connectivity index (χ4v) is 2.86. The van der Waals surface area contributed by atoms with Crippen molar-refractivity contribution in [2.24, 2.45) is 5.41 Å². The highest BCUT2D eigenvalue weighted by atomic mass is 16.3. The number of ketones is 1. The second kappa shape index (κ2) is 10.2. The predicted molar refractivity (Wildman–Crippen MR) is 119 cm³/mol. The molecule has 0 spiro atoms. The van der Waals surface area contributed by atoms with E-state index < -0.39 is 11.3 Å². The molecule has 31 heavy (non-hydrogen) atoms. The molecule has 8 heteroatoms. The third kappa shape index (κ3) is 5.66. The Morgan fingerprint density at radius 3 is 2.42 bits per heavy atom. The van der Waals surface area contributed by atoms with Crippen molar-refractivity contribution in [1.82, 2.24) is 19.9 Å². The average Bonchev–Trinajstić information content (AvgIpc) is 3.15. The molecule has 0 aliphatic carbocycles. The Kier molecular flexibility index (Phi) is 7.86. The minimum absolute atomic E-state index is 0.0419. The number of carbonyl (C=O) groups is 2. The molecule has 0 saturated heterocycles. The van der Waals surface area contributed by atoms with Gasteiger partial charge in [-0.1, -0.05) is 32.8 Å². The molecule has 0 fully saturated rings. The summed E-state index contributed by atoms with van der Waals surface area (Å²) in [7, 11) is 0. The summed E-state index contributed by atoms with van der Waals surface area (Å²) in [6.07, 6.45) is 11.8. The molecule has 0 saturated carbocycles. The minimum Gasteiger partial charge on any atom is -0.395 e. The van der Waals surface area contributed by atoms with Gasteiger partial charge in [-0.15, -0.1) is 6.42 Å². The smallest absolute Gasteiger partial charge is 0.262 e. The standard InChI is InChI=1S/C23H28N4O4/c1-6-16(22(31)27(9-11-28)10-12-29)8-7-15(2)18-14-25-21-19(26-18)17(13-24-21)20(30)23(3,4)5/h1,7-8,13-14,28-29H,9-12H2,2-5H3,(H,24,25)/b15-7+,16-8+. The van der Waals surface area contributed by atoms with E-state index in [1.54, 1.807) is 25.4 Å². The molecule has 0 unspecified atom stereocenters. The van der Waals surface area contributed by atoms with Crippen LogP contribution < -0.4 is 0 Å². The Labute approximate surface area is 181 Å². The van der Waals surface area contributed by atoms with E-state index in [-0.39, 0.29) is 37.7 Å². The first-order valence-corrected chi connectivity index (χ1v) is 9.89. The van der Waals surface area contributed by atoms with Crippen molar-refractivity contribution in [2.75, 3.05) is 26.3 Å². The second-order valence-corrected chi connectivity index (χ2v) is 8.05. The van der Waals surface area contributed by atoms with Gasteiger partial charge in [0.25, 0.3) is 5.91 Å². The Balaban J connectivity index is 2.38. The summed E-state index contributed by atoms with van der Waals surface area (Å²) in [4.78, 5) is 38.4. The lowest BCUT2D eigenvalue weighted by atomic mass is 9.87.